The lowest BCUT2D eigenvalue weighted by atomic mass is 9.91. The van der Waals surface area contributed by atoms with Gasteiger partial charge in [0.1, 0.15) is 5.82 Å². The Kier molecular flexibility index (Phi) is 4.91. The van der Waals surface area contributed by atoms with E-state index in [1.54, 1.807) is 21.3 Å². The maximum atomic E-state index is 13.0. The van der Waals surface area contributed by atoms with Gasteiger partial charge in [-0.1, -0.05) is 12.1 Å². The Labute approximate surface area is 125 Å². The van der Waals surface area contributed by atoms with Crippen LogP contribution >= 0.6 is 30.3 Å². The van der Waals surface area contributed by atoms with E-state index in [2.05, 4.69) is 44.3 Å². The smallest absolute Gasteiger partial charge is 0.123 e. The monoisotopic (exact) mass is 380 g/mol. The first-order chi connectivity index (χ1) is 8.54. The van der Waals surface area contributed by atoms with Crippen LogP contribution in [0.5, 0.6) is 0 Å². The molecule has 1 heterocycles. The highest BCUT2D eigenvalue weighted by Crippen LogP contribution is 2.30. The van der Waals surface area contributed by atoms with Crippen molar-refractivity contribution in [3.63, 3.8) is 0 Å². The standard InChI is InChI=1S/C13H18FIN2S/c1-13(2,11-3-5-12(14)6-4-11)16-7-9-17(18-15)10-8-16/h3-6H,7-10H2,1-2H3. The second kappa shape index (κ2) is 6.07. The maximum absolute atomic E-state index is 13.0. The van der Waals surface area contributed by atoms with Crippen molar-refractivity contribution < 1.29 is 4.39 Å². The molecule has 0 saturated carbocycles. The molecule has 0 spiro atoms. The maximum Gasteiger partial charge on any atom is 0.123 e. The fourth-order valence-electron chi connectivity index (χ4n) is 2.36. The normalized spacial score (nSPS) is 19.1. The second-order valence-corrected chi connectivity index (χ2v) is 6.89. The summed E-state index contributed by atoms with van der Waals surface area (Å²) in [5, 5.41) is 0. The van der Waals surface area contributed by atoms with Crippen molar-refractivity contribution in [2.75, 3.05) is 26.2 Å². The van der Waals surface area contributed by atoms with Gasteiger partial charge in [0.15, 0.2) is 0 Å². The largest absolute Gasteiger partial charge is 0.292 e. The van der Waals surface area contributed by atoms with Gasteiger partial charge in [0, 0.05) is 52.9 Å². The number of hydrogen-bond donors (Lipinski definition) is 0. The van der Waals surface area contributed by atoms with Gasteiger partial charge >= 0.3 is 0 Å². The first-order valence-electron chi connectivity index (χ1n) is 6.09. The Balaban J connectivity index is 2.09. The van der Waals surface area contributed by atoms with E-state index >= 15 is 0 Å². The van der Waals surface area contributed by atoms with Crippen LogP contribution in [-0.4, -0.2) is 35.4 Å². The molecule has 1 fully saturated rings. The fraction of sp³-hybridized carbons (Fsp3) is 0.538. The zero-order valence-corrected chi connectivity index (χ0v) is 13.7. The minimum Gasteiger partial charge on any atom is -0.292 e. The predicted octanol–water partition coefficient (Wildman–Crippen LogP) is 3.68. The third kappa shape index (κ3) is 3.18. The molecule has 0 unspecified atom stereocenters. The molecule has 1 aliphatic rings. The lowest BCUT2D eigenvalue weighted by Crippen LogP contribution is -2.51. The molecule has 1 aromatic rings. The first kappa shape index (κ1) is 14.6. The van der Waals surface area contributed by atoms with Gasteiger partial charge in [-0.3, -0.25) is 4.90 Å². The van der Waals surface area contributed by atoms with Gasteiger partial charge in [0.2, 0.25) is 0 Å². The number of rotatable bonds is 3. The quantitative estimate of drug-likeness (QED) is 0.584. The van der Waals surface area contributed by atoms with E-state index in [0.29, 0.717) is 0 Å². The minimum atomic E-state index is -0.166. The van der Waals surface area contributed by atoms with E-state index in [-0.39, 0.29) is 11.4 Å². The van der Waals surface area contributed by atoms with Crippen LogP contribution in [0.25, 0.3) is 0 Å². The van der Waals surface area contributed by atoms with Crippen LogP contribution in [0, 0.1) is 5.82 Å². The molecule has 0 N–H and O–H groups in total. The Hall–Kier alpha value is 0.150. The molecule has 0 aromatic heterocycles. The molecular formula is C13H18FIN2S. The zero-order valence-electron chi connectivity index (χ0n) is 10.7. The molecule has 5 heteroatoms. The summed E-state index contributed by atoms with van der Waals surface area (Å²) in [6.07, 6.45) is 0. The molecular weight excluding hydrogens is 362 g/mol. The van der Waals surface area contributed by atoms with Gasteiger partial charge in [0.05, 0.1) is 0 Å². The summed E-state index contributed by atoms with van der Waals surface area (Å²) in [6.45, 7) is 8.71. The van der Waals surface area contributed by atoms with E-state index < -0.39 is 0 Å². The highest BCUT2D eigenvalue weighted by Gasteiger charge is 2.31. The lowest BCUT2D eigenvalue weighted by molar-refractivity contribution is 0.0813. The van der Waals surface area contributed by atoms with Crippen molar-refractivity contribution >= 4 is 30.3 Å². The number of piperazine rings is 1. The SMILES string of the molecule is CC(C)(c1ccc(F)cc1)N1CCN(SI)CC1. The van der Waals surface area contributed by atoms with Gasteiger partial charge in [-0.05, 0) is 40.7 Å². The molecule has 18 heavy (non-hydrogen) atoms. The van der Waals surface area contributed by atoms with Crippen LogP contribution in [-0.2, 0) is 5.54 Å². The van der Waals surface area contributed by atoms with Gasteiger partial charge in [-0.25, -0.2) is 8.70 Å². The Morgan fingerprint density at radius 2 is 1.67 bits per heavy atom. The van der Waals surface area contributed by atoms with E-state index in [0.717, 1.165) is 26.2 Å². The predicted molar refractivity (Wildman–Crippen MR) is 84.2 cm³/mol. The van der Waals surface area contributed by atoms with Crippen LogP contribution in [0.1, 0.15) is 19.4 Å². The Bertz CT molecular complexity index is 388. The highest BCUT2D eigenvalue weighted by molar-refractivity contribution is 14.2. The van der Waals surface area contributed by atoms with Crippen molar-refractivity contribution in [3.8, 4) is 0 Å². The van der Waals surface area contributed by atoms with Gasteiger partial charge in [-0.2, -0.15) is 0 Å². The van der Waals surface area contributed by atoms with Crippen LogP contribution < -0.4 is 0 Å². The summed E-state index contributed by atoms with van der Waals surface area (Å²) < 4.78 is 15.4. The molecule has 0 radical (unpaired) electrons. The third-order valence-electron chi connectivity index (χ3n) is 3.68. The minimum absolute atomic E-state index is 0.0320. The van der Waals surface area contributed by atoms with Gasteiger partial charge < -0.3 is 0 Å². The van der Waals surface area contributed by atoms with Crippen LogP contribution in [0.3, 0.4) is 0 Å². The first-order valence-corrected chi connectivity index (χ1v) is 9.40. The average Bonchev–Trinajstić information content (AvgIpc) is 2.39. The van der Waals surface area contributed by atoms with E-state index in [1.807, 2.05) is 12.1 Å². The number of halogens is 2. The molecule has 2 nitrogen and oxygen atoms in total. The van der Waals surface area contributed by atoms with Crippen molar-refractivity contribution in [1.29, 1.82) is 0 Å². The Morgan fingerprint density at radius 3 is 2.17 bits per heavy atom. The molecule has 1 aliphatic heterocycles. The van der Waals surface area contributed by atoms with Gasteiger partial charge in [-0.15, -0.1) is 0 Å². The topological polar surface area (TPSA) is 6.48 Å². The Morgan fingerprint density at radius 1 is 1.11 bits per heavy atom. The average molecular weight is 380 g/mol. The second-order valence-electron chi connectivity index (χ2n) is 5.05. The highest BCUT2D eigenvalue weighted by atomic mass is 127. The van der Waals surface area contributed by atoms with E-state index in [4.69, 9.17) is 0 Å². The summed E-state index contributed by atoms with van der Waals surface area (Å²) >= 11 is 2.33. The van der Waals surface area contributed by atoms with Crippen LogP contribution in [0.15, 0.2) is 24.3 Å². The van der Waals surface area contributed by atoms with Crippen molar-refractivity contribution in [2.45, 2.75) is 19.4 Å². The molecule has 0 atom stereocenters. The van der Waals surface area contributed by atoms with Crippen molar-refractivity contribution in [2.24, 2.45) is 0 Å². The summed E-state index contributed by atoms with van der Waals surface area (Å²) in [5.74, 6) is -0.166. The molecule has 0 bridgehead atoms. The van der Waals surface area contributed by atoms with Gasteiger partial charge in [0.25, 0.3) is 0 Å². The molecule has 0 amide bonds. The summed E-state index contributed by atoms with van der Waals surface area (Å²) in [4.78, 5) is 2.48. The fourth-order valence-corrected chi connectivity index (χ4v) is 3.84. The lowest BCUT2D eigenvalue weighted by Gasteiger charge is -2.43. The number of nitrogens with zero attached hydrogens (tertiary/aromatic N) is 2. The van der Waals surface area contributed by atoms with Crippen molar-refractivity contribution in [3.05, 3.63) is 35.6 Å². The van der Waals surface area contributed by atoms with E-state index in [1.165, 1.54) is 5.56 Å². The number of hydrogen-bond acceptors (Lipinski definition) is 3. The summed E-state index contributed by atoms with van der Waals surface area (Å²) in [6, 6.07) is 6.89. The number of benzene rings is 1. The van der Waals surface area contributed by atoms with Crippen LogP contribution in [0.4, 0.5) is 4.39 Å². The van der Waals surface area contributed by atoms with E-state index in [9.17, 15) is 4.39 Å². The molecule has 100 valence electrons. The zero-order chi connectivity index (χ0) is 13.2. The van der Waals surface area contributed by atoms with Crippen molar-refractivity contribution in [1.82, 2.24) is 9.21 Å². The summed E-state index contributed by atoms with van der Waals surface area (Å²) in [5.41, 5.74) is 1.15. The molecule has 0 aliphatic carbocycles. The van der Waals surface area contributed by atoms with Crippen LogP contribution in [0.2, 0.25) is 0 Å². The molecule has 2 rings (SSSR count). The molecule has 1 aromatic carbocycles. The third-order valence-corrected chi connectivity index (χ3v) is 5.91. The summed E-state index contributed by atoms with van der Waals surface area (Å²) in [7, 11) is 1.78. The molecule has 1 saturated heterocycles.